The topological polar surface area (TPSA) is 110 Å². The normalized spacial score (nSPS) is 24.0. The quantitative estimate of drug-likeness (QED) is 0.501. The number of anilines is 2. The van der Waals surface area contributed by atoms with E-state index in [9.17, 15) is 19.6 Å². The van der Waals surface area contributed by atoms with Crippen molar-refractivity contribution in [1.82, 2.24) is 19.4 Å². The smallest absolute Gasteiger partial charge is 0.407 e. The van der Waals surface area contributed by atoms with Crippen molar-refractivity contribution in [2.75, 3.05) is 75.3 Å². The summed E-state index contributed by atoms with van der Waals surface area (Å²) in [5.74, 6) is -0.439. The van der Waals surface area contributed by atoms with E-state index in [4.69, 9.17) is 9.47 Å². The predicted molar refractivity (Wildman–Crippen MR) is 150 cm³/mol. The summed E-state index contributed by atoms with van der Waals surface area (Å²) in [5, 5.41) is 22.8. The summed E-state index contributed by atoms with van der Waals surface area (Å²) in [4.78, 5) is 19.7. The van der Waals surface area contributed by atoms with Crippen LogP contribution < -0.4 is 9.80 Å². The lowest BCUT2D eigenvalue weighted by Crippen LogP contribution is -2.54. The molecule has 41 heavy (non-hydrogen) atoms. The van der Waals surface area contributed by atoms with E-state index in [0.29, 0.717) is 44.0 Å². The van der Waals surface area contributed by atoms with Gasteiger partial charge in [0.15, 0.2) is 5.82 Å². The third-order valence-electron chi connectivity index (χ3n) is 8.18. The molecule has 3 saturated heterocycles. The molecule has 0 spiro atoms. The Morgan fingerprint density at radius 1 is 1.07 bits per heavy atom. The van der Waals surface area contributed by atoms with Gasteiger partial charge in [0, 0.05) is 58.0 Å². The molecule has 12 heteroatoms. The fraction of sp³-hybridized carbons (Fsp3) is 0.483. The van der Waals surface area contributed by atoms with Gasteiger partial charge in [0.1, 0.15) is 23.4 Å². The SMILES string of the molecule is C[C@@H]1CN(c2ccc(C#N)n3ncc(F)c23)C[C@H](CN2CCN(c3ccc(C4CN(C(=O)O)CCO4)cc3)CC2)O1. The van der Waals surface area contributed by atoms with Crippen LogP contribution in [0.15, 0.2) is 42.6 Å². The lowest BCUT2D eigenvalue weighted by atomic mass is 10.1. The molecule has 0 radical (unpaired) electrons. The monoisotopic (exact) mass is 563 g/mol. The summed E-state index contributed by atoms with van der Waals surface area (Å²) in [7, 11) is 0. The third kappa shape index (κ3) is 5.66. The number of fused-ring (bicyclic) bond motifs is 1. The average Bonchev–Trinajstić information content (AvgIpc) is 3.38. The molecule has 5 heterocycles. The minimum Gasteiger partial charge on any atom is -0.465 e. The number of rotatable bonds is 5. The van der Waals surface area contributed by atoms with Crippen LogP contribution in [-0.2, 0) is 9.47 Å². The first-order chi connectivity index (χ1) is 19.9. The molecule has 1 unspecified atom stereocenters. The molecule has 1 aromatic carbocycles. The predicted octanol–water partition coefficient (Wildman–Crippen LogP) is 2.81. The minimum absolute atomic E-state index is 0.0223. The maximum absolute atomic E-state index is 14.7. The van der Waals surface area contributed by atoms with E-state index in [1.807, 2.05) is 19.1 Å². The van der Waals surface area contributed by atoms with Crippen molar-refractivity contribution in [3.05, 3.63) is 59.7 Å². The molecule has 216 valence electrons. The van der Waals surface area contributed by atoms with E-state index >= 15 is 0 Å². The third-order valence-corrected chi connectivity index (χ3v) is 8.18. The number of hydrogen-bond acceptors (Lipinski definition) is 8. The van der Waals surface area contributed by atoms with E-state index in [-0.39, 0.29) is 18.3 Å². The minimum atomic E-state index is -0.910. The number of piperazine rings is 1. The fourth-order valence-electron chi connectivity index (χ4n) is 6.13. The zero-order valence-electron chi connectivity index (χ0n) is 23.0. The van der Waals surface area contributed by atoms with Crippen LogP contribution in [0.5, 0.6) is 0 Å². The molecular weight excluding hydrogens is 529 g/mol. The molecular formula is C29H34FN7O4. The number of morpholine rings is 2. The van der Waals surface area contributed by atoms with Gasteiger partial charge in [-0.3, -0.25) is 4.90 Å². The molecule has 3 fully saturated rings. The molecule has 1 amide bonds. The van der Waals surface area contributed by atoms with Crippen LogP contribution in [0.3, 0.4) is 0 Å². The summed E-state index contributed by atoms with van der Waals surface area (Å²) in [6.07, 6.45) is -0.0514. The molecule has 3 aliphatic rings. The second-order valence-corrected chi connectivity index (χ2v) is 10.9. The van der Waals surface area contributed by atoms with Crippen molar-refractivity contribution in [3.8, 4) is 6.07 Å². The van der Waals surface area contributed by atoms with Gasteiger partial charge in [-0.15, -0.1) is 0 Å². The van der Waals surface area contributed by atoms with Crippen LogP contribution in [0.2, 0.25) is 0 Å². The van der Waals surface area contributed by atoms with Gasteiger partial charge in [-0.2, -0.15) is 10.4 Å². The highest BCUT2D eigenvalue weighted by Crippen LogP contribution is 2.29. The molecule has 0 saturated carbocycles. The van der Waals surface area contributed by atoms with E-state index in [0.717, 1.165) is 55.9 Å². The number of nitrogens with zero attached hydrogens (tertiary/aromatic N) is 7. The summed E-state index contributed by atoms with van der Waals surface area (Å²) in [6, 6.07) is 13.8. The van der Waals surface area contributed by atoms with E-state index in [1.165, 1.54) is 9.42 Å². The number of hydrogen-bond donors (Lipinski definition) is 1. The molecule has 1 N–H and O–H groups in total. The molecule has 3 aromatic rings. The van der Waals surface area contributed by atoms with Crippen LogP contribution in [0, 0.1) is 17.1 Å². The maximum atomic E-state index is 14.7. The Balaban J connectivity index is 1.05. The highest BCUT2D eigenvalue weighted by atomic mass is 19.1. The summed E-state index contributed by atoms with van der Waals surface area (Å²) in [6.45, 7) is 8.78. The molecule has 3 atom stereocenters. The van der Waals surface area contributed by atoms with Gasteiger partial charge < -0.3 is 29.3 Å². The van der Waals surface area contributed by atoms with Gasteiger partial charge in [0.05, 0.1) is 37.2 Å². The van der Waals surface area contributed by atoms with E-state index in [1.54, 1.807) is 12.1 Å². The van der Waals surface area contributed by atoms with E-state index in [2.05, 4.69) is 38.0 Å². The Bertz CT molecular complexity index is 1430. The zero-order chi connectivity index (χ0) is 28.5. The van der Waals surface area contributed by atoms with Crippen LogP contribution in [-0.4, -0.2) is 108 Å². The van der Waals surface area contributed by atoms with Crippen LogP contribution >= 0.6 is 0 Å². The van der Waals surface area contributed by atoms with Gasteiger partial charge in [-0.25, -0.2) is 13.7 Å². The number of pyridine rings is 1. The zero-order valence-corrected chi connectivity index (χ0v) is 23.0. The van der Waals surface area contributed by atoms with Crippen molar-refractivity contribution in [3.63, 3.8) is 0 Å². The first-order valence-corrected chi connectivity index (χ1v) is 14.0. The Morgan fingerprint density at radius 3 is 2.59 bits per heavy atom. The number of carboxylic acid groups (broad SMARTS) is 1. The lowest BCUT2D eigenvalue weighted by Gasteiger charge is -2.42. The summed E-state index contributed by atoms with van der Waals surface area (Å²) >= 11 is 0. The standard InChI is InChI=1S/C29H34FN7O4/c1-20-16-36(26-7-6-23(14-31)37-28(26)25(30)15-32-37)18-24(41-20)17-33-8-10-34(11-9-33)22-4-2-21(3-5-22)27-19-35(29(38)39)12-13-40-27/h2-7,15,20,24,27H,8-13,16-19H2,1H3,(H,38,39)/t20-,24+,27?/m1/s1. The molecule has 3 aliphatic heterocycles. The molecule has 0 aliphatic carbocycles. The van der Waals surface area contributed by atoms with Crippen molar-refractivity contribution in [1.29, 1.82) is 5.26 Å². The molecule has 0 bridgehead atoms. The number of halogens is 1. The van der Waals surface area contributed by atoms with Gasteiger partial charge >= 0.3 is 6.09 Å². The summed E-state index contributed by atoms with van der Waals surface area (Å²) in [5.41, 5.74) is 3.47. The van der Waals surface area contributed by atoms with Gasteiger partial charge in [-0.1, -0.05) is 12.1 Å². The van der Waals surface area contributed by atoms with Crippen molar-refractivity contribution in [2.24, 2.45) is 0 Å². The Morgan fingerprint density at radius 2 is 1.85 bits per heavy atom. The lowest BCUT2D eigenvalue weighted by molar-refractivity contribution is -0.0327. The highest BCUT2D eigenvalue weighted by molar-refractivity contribution is 5.74. The Hall–Kier alpha value is -3.92. The average molecular weight is 564 g/mol. The second-order valence-electron chi connectivity index (χ2n) is 10.9. The highest BCUT2D eigenvalue weighted by Gasteiger charge is 2.31. The molecule has 2 aromatic heterocycles. The van der Waals surface area contributed by atoms with Crippen molar-refractivity contribution >= 4 is 23.0 Å². The number of amides is 1. The number of aromatic nitrogens is 2. The maximum Gasteiger partial charge on any atom is 0.407 e. The van der Waals surface area contributed by atoms with Crippen molar-refractivity contribution < 1.29 is 23.8 Å². The fourth-order valence-corrected chi connectivity index (χ4v) is 6.13. The van der Waals surface area contributed by atoms with Gasteiger partial charge in [0.2, 0.25) is 0 Å². The van der Waals surface area contributed by atoms with Gasteiger partial charge in [0.25, 0.3) is 0 Å². The number of nitriles is 1. The first-order valence-electron chi connectivity index (χ1n) is 14.0. The van der Waals surface area contributed by atoms with Crippen LogP contribution in [0.25, 0.3) is 5.52 Å². The number of carbonyl (C=O) groups is 1. The second kappa shape index (κ2) is 11.5. The Kier molecular flexibility index (Phi) is 7.66. The largest absolute Gasteiger partial charge is 0.465 e. The first kappa shape index (κ1) is 27.3. The van der Waals surface area contributed by atoms with Crippen LogP contribution in [0.4, 0.5) is 20.6 Å². The number of ether oxygens (including phenoxy) is 2. The molecule has 6 rings (SSSR count). The van der Waals surface area contributed by atoms with E-state index < -0.39 is 11.9 Å². The molecule has 11 nitrogen and oxygen atoms in total. The van der Waals surface area contributed by atoms with Crippen molar-refractivity contribution in [2.45, 2.75) is 25.2 Å². The number of benzene rings is 1. The summed E-state index contributed by atoms with van der Waals surface area (Å²) < 4.78 is 28.2. The van der Waals surface area contributed by atoms with Crippen LogP contribution in [0.1, 0.15) is 24.3 Å². The Labute approximate surface area is 237 Å². The van der Waals surface area contributed by atoms with Gasteiger partial charge in [-0.05, 0) is 36.8 Å².